The molecule has 0 bridgehead atoms. The zero-order valence-corrected chi connectivity index (χ0v) is 11.8. The number of hydrogen-bond donors (Lipinski definition) is 0. The molecule has 0 amide bonds. The topological polar surface area (TPSA) is 17.1 Å². The number of carbonyl (C=O) groups is 1. The molecule has 1 saturated carbocycles. The maximum Gasteiger partial charge on any atom is 0.185 e. The Morgan fingerprint density at radius 2 is 1.30 bits per heavy atom. The van der Waals surface area contributed by atoms with Gasteiger partial charge in [-0.2, -0.15) is 0 Å². The van der Waals surface area contributed by atoms with E-state index in [1.807, 2.05) is 0 Å². The Kier molecular flexibility index (Phi) is 3.96. The summed E-state index contributed by atoms with van der Waals surface area (Å²) in [7, 11) is 0. The molecule has 3 rings (SSSR count). The van der Waals surface area contributed by atoms with Crippen LogP contribution in [-0.4, -0.2) is 5.78 Å². The van der Waals surface area contributed by atoms with Gasteiger partial charge >= 0.3 is 0 Å². The van der Waals surface area contributed by atoms with Gasteiger partial charge in [-0.3, -0.25) is 4.79 Å². The van der Waals surface area contributed by atoms with Crippen molar-refractivity contribution in [2.24, 2.45) is 0 Å². The van der Waals surface area contributed by atoms with E-state index in [1.54, 1.807) is 0 Å². The molecule has 0 heterocycles. The molecule has 0 saturated heterocycles. The maximum absolute atomic E-state index is 12.7. The molecule has 0 aliphatic heterocycles. The summed E-state index contributed by atoms with van der Waals surface area (Å²) in [6, 6.07) is 0. The highest BCUT2D eigenvalue weighted by atomic mass is 16.1. The number of rotatable bonds is 2. The molecule has 0 aromatic heterocycles. The summed E-state index contributed by atoms with van der Waals surface area (Å²) in [5.74, 6) is 0.267. The van der Waals surface area contributed by atoms with Crippen LogP contribution in [-0.2, 0) is 4.79 Å². The highest BCUT2D eigenvalue weighted by Gasteiger charge is 2.19. The summed E-state index contributed by atoms with van der Waals surface area (Å²) < 4.78 is 0. The fraction of sp³-hybridized carbons (Fsp3) is 0.316. The van der Waals surface area contributed by atoms with Crippen LogP contribution in [0.2, 0.25) is 0 Å². The third-order valence-electron chi connectivity index (χ3n) is 4.04. The number of hydrogen-bond acceptors (Lipinski definition) is 1. The maximum atomic E-state index is 12.7. The van der Waals surface area contributed by atoms with Gasteiger partial charge in [-0.25, -0.2) is 0 Å². The quantitative estimate of drug-likeness (QED) is 0.519. The van der Waals surface area contributed by atoms with Crippen molar-refractivity contribution in [2.75, 3.05) is 0 Å². The molecule has 102 valence electrons. The first-order valence-corrected chi connectivity index (χ1v) is 7.50. The van der Waals surface area contributed by atoms with Gasteiger partial charge in [0.2, 0.25) is 0 Å². The molecule has 3 aliphatic rings. The smallest absolute Gasteiger partial charge is 0.185 e. The Morgan fingerprint density at radius 3 is 1.70 bits per heavy atom. The van der Waals surface area contributed by atoms with E-state index in [2.05, 4.69) is 48.6 Å². The van der Waals surface area contributed by atoms with Crippen LogP contribution in [0.3, 0.4) is 0 Å². The van der Waals surface area contributed by atoms with Gasteiger partial charge in [0.15, 0.2) is 5.78 Å². The Bertz CT molecular complexity index is 539. The minimum atomic E-state index is 0.267. The minimum Gasteiger partial charge on any atom is -0.289 e. The van der Waals surface area contributed by atoms with E-state index in [9.17, 15) is 4.79 Å². The molecule has 1 fully saturated rings. The zero-order chi connectivity index (χ0) is 13.8. The second-order valence-electron chi connectivity index (χ2n) is 5.62. The lowest BCUT2D eigenvalue weighted by molar-refractivity contribution is -0.112. The largest absolute Gasteiger partial charge is 0.289 e. The Hall–Kier alpha value is -1.89. The lowest BCUT2D eigenvalue weighted by Crippen LogP contribution is -2.04. The van der Waals surface area contributed by atoms with Crippen LogP contribution in [0, 0.1) is 0 Å². The van der Waals surface area contributed by atoms with Crippen molar-refractivity contribution in [3.8, 4) is 0 Å². The third-order valence-corrected chi connectivity index (χ3v) is 4.04. The lowest BCUT2D eigenvalue weighted by atomic mass is 9.97. The van der Waals surface area contributed by atoms with E-state index in [-0.39, 0.29) is 5.78 Å². The van der Waals surface area contributed by atoms with Gasteiger partial charge in [-0.1, -0.05) is 48.6 Å². The molecule has 1 nitrogen and oxygen atoms in total. The highest BCUT2D eigenvalue weighted by Crippen LogP contribution is 2.28. The van der Waals surface area contributed by atoms with Gasteiger partial charge in [-0.05, 0) is 49.7 Å². The summed E-state index contributed by atoms with van der Waals surface area (Å²) >= 11 is 0. The van der Waals surface area contributed by atoms with Crippen LogP contribution in [0.25, 0.3) is 0 Å². The molecule has 0 spiro atoms. The Balaban J connectivity index is 1.83. The van der Waals surface area contributed by atoms with E-state index < -0.39 is 0 Å². The number of allylic oxidation sites excluding steroid dienone is 12. The van der Waals surface area contributed by atoms with Crippen molar-refractivity contribution in [3.05, 3.63) is 70.9 Å². The summed E-state index contributed by atoms with van der Waals surface area (Å²) in [5.41, 5.74) is 4.51. The van der Waals surface area contributed by atoms with Gasteiger partial charge in [0, 0.05) is 11.1 Å². The normalized spacial score (nSPS) is 26.3. The Morgan fingerprint density at radius 1 is 0.800 bits per heavy atom. The lowest BCUT2D eigenvalue weighted by Gasteiger charge is -2.06. The van der Waals surface area contributed by atoms with Crippen LogP contribution >= 0.6 is 0 Å². The molecule has 0 aromatic rings. The van der Waals surface area contributed by atoms with Crippen molar-refractivity contribution in [1.82, 2.24) is 0 Å². The van der Waals surface area contributed by atoms with Gasteiger partial charge in [0.25, 0.3) is 0 Å². The molecule has 0 radical (unpaired) electrons. The van der Waals surface area contributed by atoms with Crippen molar-refractivity contribution in [3.63, 3.8) is 0 Å². The van der Waals surface area contributed by atoms with E-state index in [4.69, 9.17) is 0 Å². The number of carbonyl (C=O) groups excluding carboxylic acids is 1. The summed E-state index contributed by atoms with van der Waals surface area (Å²) in [6.07, 6.45) is 22.9. The van der Waals surface area contributed by atoms with Crippen LogP contribution in [0.5, 0.6) is 0 Å². The van der Waals surface area contributed by atoms with Gasteiger partial charge in [0.1, 0.15) is 0 Å². The van der Waals surface area contributed by atoms with Crippen molar-refractivity contribution >= 4 is 5.78 Å². The molecular weight excluding hydrogens is 244 g/mol. The van der Waals surface area contributed by atoms with E-state index in [1.165, 1.54) is 11.1 Å². The predicted molar refractivity (Wildman–Crippen MR) is 83.3 cm³/mol. The number of ketones is 1. The van der Waals surface area contributed by atoms with Gasteiger partial charge in [-0.15, -0.1) is 0 Å². The average molecular weight is 264 g/mol. The van der Waals surface area contributed by atoms with Crippen LogP contribution in [0.1, 0.15) is 38.5 Å². The SMILES string of the molecule is O=C1/C(=C\C2=CC=CC2)CCCC/C1=C\C1=CC=CC1. The monoisotopic (exact) mass is 264 g/mol. The standard InChI is InChI=1S/C19H20O/c20-19-17(13-15-7-1-2-8-15)11-5-6-12-18(19)14-16-9-3-4-10-16/h1-4,7,9,13-14H,5-6,8,10-12H2/b17-13-,18-14+. The van der Waals surface area contributed by atoms with Gasteiger partial charge in [0.05, 0.1) is 0 Å². The summed E-state index contributed by atoms with van der Waals surface area (Å²) in [4.78, 5) is 12.7. The van der Waals surface area contributed by atoms with Crippen molar-refractivity contribution in [1.29, 1.82) is 0 Å². The first-order valence-electron chi connectivity index (χ1n) is 7.50. The first kappa shape index (κ1) is 13.1. The van der Waals surface area contributed by atoms with Crippen LogP contribution in [0.15, 0.2) is 70.9 Å². The number of Topliss-reactive ketones (excluding diaryl/α,β-unsaturated/α-hetero) is 1. The average Bonchev–Trinajstić information content (AvgIpc) is 3.10. The van der Waals surface area contributed by atoms with Crippen LogP contribution < -0.4 is 0 Å². The molecule has 3 aliphatic carbocycles. The molecule has 0 N–H and O–H groups in total. The van der Waals surface area contributed by atoms with Crippen molar-refractivity contribution in [2.45, 2.75) is 38.5 Å². The highest BCUT2D eigenvalue weighted by molar-refractivity contribution is 6.09. The zero-order valence-electron chi connectivity index (χ0n) is 11.8. The fourth-order valence-electron chi connectivity index (χ4n) is 2.93. The molecule has 1 heteroatoms. The van der Waals surface area contributed by atoms with Gasteiger partial charge < -0.3 is 0 Å². The summed E-state index contributed by atoms with van der Waals surface area (Å²) in [5, 5.41) is 0. The van der Waals surface area contributed by atoms with Crippen LogP contribution in [0.4, 0.5) is 0 Å². The fourth-order valence-corrected chi connectivity index (χ4v) is 2.93. The van der Waals surface area contributed by atoms with E-state index >= 15 is 0 Å². The summed E-state index contributed by atoms with van der Waals surface area (Å²) in [6.45, 7) is 0. The van der Waals surface area contributed by atoms with Crippen molar-refractivity contribution < 1.29 is 4.79 Å². The Labute approximate surface area is 120 Å². The second kappa shape index (κ2) is 6.04. The van der Waals surface area contributed by atoms with E-state index in [0.29, 0.717) is 0 Å². The molecule has 0 aromatic carbocycles. The molecular formula is C19H20O. The first-order chi connectivity index (χ1) is 9.83. The third kappa shape index (κ3) is 2.98. The van der Waals surface area contributed by atoms with E-state index in [0.717, 1.165) is 49.7 Å². The molecule has 0 atom stereocenters. The molecule has 0 unspecified atom stereocenters. The minimum absolute atomic E-state index is 0.267. The molecule has 20 heavy (non-hydrogen) atoms. The second-order valence-corrected chi connectivity index (χ2v) is 5.62. The predicted octanol–water partition coefficient (Wildman–Crippen LogP) is 4.75.